The molecule has 88 valence electrons. The third-order valence-electron chi connectivity index (χ3n) is 2.04. The summed E-state index contributed by atoms with van der Waals surface area (Å²) in [4.78, 5) is 15.1. The van der Waals surface area contributed by atoms with Crippen molar-refractivity contribution in [2.75, 3.05) is 11.9 Å². The second-order valence-electron chi connectivity index (χ2n) is 3.63. The number of nitrogens with one attached hydrogen (secondary N) is 1. The van der Waals surface area contributed by atoms with E-state index in [1.54, 1.807) is 13.1 Å². The summed E-state index contributed by atoms with van der Waals surface area (Å²) in [5.74, 6) is 0.585. The lowest BCUT2D eigenvalue weighted by atomic mass is 10.1. The zero-order valence-corrected chi connectivity index (χ0v) is 9.65. The van der Waals surface area contributed by atoms with E-state index < -0.39 is 6.09 Å². The minimum atomic E-state index is -0.577. The van der Waals surface area contributed by atoms with E-state index in [9.17, 15) is 9.90 Å². The molecule has 0 spiro atoms. The number of hydrogen-bond acceptors (Lipinski definition) is 4. The van der Waals surface area contributed by atoms with Gasteiger partial charge in [-0.2, -0.15) is 0 Å². The Labute approximate surface area is 94.5 Å². The van der Waals surface area contributed by atoms with Crippen LogP contribution >= 0.6 is 0 Å². The average molecular weight is 224 g/mol. The van der Waals surface area contributed by atoms with Crippen LogP contribution in [-0.2, 0) is 4.74 Å². The first-order chi connectivity index (χ1) is 7.54. The van der Waals surface area contributed by atoms with Crippen molar-refractivity contribution < 1.29 is 14.6 Å². The molecule has 1 heterocycles. The molecular formula is C11H16N2O3. The SMILES string of the molecule is CCOC(=O)Nc1cc(O)c(C(C)C)cn1. The predicted octanol–water partition coefficient (Wildman–Crippen LogP) is 2.48. The van der Waals surface area contributed by atoms with E-state index in [-0.39, 0.29) is 17.5 Å². The van der Waals surface area contributed by atoms with E-state index in [2.05, 4.69) is 10.3 Å². The summed E-state index contributed by atoms with van der Waals surface area (Å²) in [7, 11) is 0. The molecule has 0 aromatic carbocycles. The summed E-state index contributed by atoms with van der Waals surface area (Å²) in [6.07, 6.45) is 0.966. The first kappa shape index (κ1) is 12.3. The predicted molar refractivity (Wildman–Crippen MR) is 60.6 cm³/mol. The van der Waals surface area contributed by atoms with Gasteiger partial charge in [-0.15, -0.1) is 0 Å². The number of carbonyl (C=O) groups excluding carboxylic acids is 1. The standard InChI is InChI=1S/C11H16N2O3/c1-4-16-11(15)13-10-5-9(14)8(6-12-10)7(2)3/h5-7H,4H2,1-3H3,(H2,12,13,14,15). The zero-order valence-electron chi connectivity index (χ0n) is 9.65. The Hall–Kier alpha value is -1.78. The second kappa shape index (κ2) is 5.34. The van der Waals surface area contributed by atoms with E-state index in [1.165, 1.54) is 6.07 Å². The van der Waals surface area contributed by atoms with Gasteiger partial charge in [0.05, 0.1) is 6.61 Å². The fourth-order valence-corrected chi connectivity index (χ4v) is 1.24. The minimum absolute atomic E-state index is 0.122. The first-order valence-corrected chi connectivity index (χ1v) is 5.17. The molecule has 1 aromatic heterocycles. The molecule has 1 amide bonds. The van der Waals surface area contributed by atoms with Gasteiger partial charge in [0.25, 0.3) is 0 Å². The van der Waals surface area contributed by atoms with E-state index in [1.807, 2.05) is 13.8 Å². The number of aromatic hydroxyl groups is 1. The maximum absolute atomic E-state index is 11.1. The van der Waals surface area contributed by atoms with E-state index in [0.717, 1.165) is 5.56 Å². The molecule has 1 aromatic rings. The van der Waals surface area contributed by atoms with Crippen LogP contribution in [0.3, 0.4) is 0 Å². The fourth-order valence-electron chi connectivity index (χ4n) is 1.24. The zero-order chi connectivity index (χ0) is 12.1. The summed E-state index contributed by atoms with van der Waals surface area (Å²) in [6, 6.07) is 1.41. The van der Waals surface area contributed by atoms with Crippen molar-refractivity contribution in [1.29, 1.82) is 0 Å². The Morgan fingerprint density at radius 1 is 1.62 bits per heavy atom. The molecular weight excluding hydrogens is 208 g/mol. The number of hydrogen-bond donors (Lipinski definition) is 2. The van der Waals surface area contributed by atoms with Gasteiger partial charge in [0.1, 0.15) is 11.6 Å². The smallest absolute Gasteiger partial charge is 0.412 e. The summed E-state index contributed by atoms with van der Waals surface area (Å²) in [6.45, 7) is 5.92. The Morgan fingerprint density at radius 2 is 2.31 bits per heavy atom. The Morgan fingerprint density at radius 3 is 2.81 bits per heavy atom. The third kappa shape index (κ3) is 3.12. The highest BCUT2D eigenvalue weighted by Crippen LogP contribution is 2.26. The number of pyridine rings is 1. The molecule has 5 nitrogen and oxygen atoms in total. The van der Waals surface area contributed by atoms with Crippen LogP contribution in [-0.4, -0.2) is 22.8 Å². The molecule has 0 aliphatic rings. The van der Waals surface area contributed by atoms with Crippen LogP contribution in [0.1, 0.15) is 32.3 Å². The van der Waals surface area contributed by atoms with Crippen molar-refractivity contribution in [3.05, 3.63) is 17.8 Å². The second-order valence-corrected chi connectivity index (χ2v) is 3.63. The van der Waals surface area contributed by atoms with E-state index in [4.69, 9.17) is 4.74 Å². The average Bonchev–Trinajstić information content (AvgIpc) is 2.17. The molecule has 0 fully saturated rings. The van der Waals surface area contributed by atoms with E-state index in [0.29, 0.717) is 6.61 Å². The van der Waals surface area contributed by atoms with Crippen molar-refractivity contribution in [2.45, 2.75) is 26.7 Å². The largest absolute Gasteiger partial charge is 0.507 e. The molecule has 16 heavy (non-hydrogen) atoms. The van der Waals surface area contributed by atoms with Crippen LogP contribution in [0.25, 0.3) is 0 Å². The Kier molecular flexibility index (Phi) is 4.10. The van der Waals surface area contributed by atoms with Crippen molar-refractivity contribution in [3.8, 4) is 5.75 Å². The van der Waals surface area contributed by atoms with Crippen LogP contribution in [0.2, 0.25) is 0 Å². The molecule has 5 heteroatoms. The number of rotatable bonds is 3. The van der Waals surface area contributed by atoms with Crippen LogP contribution in [0.5, 0.6) is 5.75 Å². The lowest BCUT2D eigenvalue weighted by Crippen LogP contribution is -2.14. The van der Waals surface area contributed by atoms with Crippen molar-refractivity contribution in [3.63, 3.8) is 0 Å². The molecule has 0 unspecified atom stereocenters. The minimum Gasteiger partial charge on any atom is -0.507 e. The quantitative estimate of drug-likeness (QED) is 0.827. The molecule has 1 rings (SSSR count). The number of carbonyl (C=O) groups is 1. The molecule has 0 atom stereocenters. The van der Waals surface area contributed by atoms with Gasteiger partial charge in [-0.1, -0.05) is 13.8 Å². The van der Waals surface area contributed by atoms with Gasteiger partial charge in [-0.3, -0.25) is 5.32 Å². The summed E-state index contributed by atoms with van der Waals surface area (Å²) in [5, 5.41) is 12.1. The van der Waals surface area contributed by atoms with Crippen LogP contribution in [0, 0.1) is 0 Å². The number of aromatic nitrogens is 1. The summed E-state index contributed by atoms with van der Waals surface area (Å²) in [5.41, 5.74) is 0.745. The van der Waals surface area contributed by atoms with Crippen molar-refractivity contribution >= 4 is 11.9 Å². The van der Waals surface area contributed by atoms with E-state index >= 15 is 0 Å². The van der Waals surface area contributed by atoms with Gasteiger partial charge in [-0.05, 0) is 12.8 Å². The molecule has 0 saturated heterocycles. The van der Waals surface area contributed by atoms with Crippen LogP contribution < -0.4 is 5.32 Å². The molecule has 0 aliphatic carbocycles. The van der Waals surface area contributed by atoms with Crippen LogP contribution in [0.15, 0.2) is 12.3 Å². The summed E-state index contributed by atoms with van der Waals surface area (Å²) >= 11 is 0. The monoisotopic (exact) mass is 224 g/mol. The molecule has 0 aliphatic heterocycles. The lowest BCUT2D eigenvalue weighted by molar-refractivity contribution is 0.168. The molecule has 0 radical (unpaired) electrons. The number of amides is 1. The fraction of sp³-hybridized carbons (Fsp3) is 0.455. The van der Waals surface area contributed by atoms with Gasteiger partial charge >= 0.3 is 6.09 Å². The molecule has 0 saturated carbocycles. The maximum atomic E-state index is 11.1. The third-order valence-corrected chi connectivity index (χ3v) is 2.04. The lowest BCUT2D eigenvalue weighted by Gasteiger charge is -2.09. The number of nitrogens with zero attached hydrogens (tertiary/aromatic N) is 1. The van der Waals surface area contributed by atoms with Crippen molar-refractivity contribution in [2.24, 2.45) is 0 Å². The highest BCUT2D eigenvalue weighted by molar-refractivity contribution is 5.83. The summed E-state index contributed by atoms with van der Waals surface area (Å²) < 4.78 is 4.69. The molecule has 2 N–H and O–H groups in total. The number of ether oxygens (including phenoxy) is 1. The van der Waals surface area contributed by atoms with Gasteiger partial charge in [0, 0.05) is 17.8 Å². The molecule has 0 bridgehead atoms. The van der Waals surface area contributed by atoms with Gasteiger partial charge in [0.15, 0.2) is 0 Å². The Bertz CT molecular complexity index is 377. The van der Waals surface area contributed by atoms with Crippen molar-refractivity contribution in [1.82, 2.24) is 4.98 Å². The highest BCUT2D eigenvalue weighted by atomic mass is 16.5. The normalized spacial score (nSPS) is 10.2. The first-order valence-electron chi connectivity index (χ1n) is 5.17. The highest BCUT2D eigenvalue weighted by Gasteiger charge is 2.09. The Balaban J connectivity index is 2.77. The number of anilines is 1. The van der Waals surface area contributed by atoms with Gasteiger partial charge in [0.2, 0.25) is 0 Å². The van der Waals surface area contributed by atoms with Gasteiger partial charge in [-0.25, -0.2) is 9.78 Å². The topological polar surface area (TPSA) is 71.5 Å². The maximum Gasteiger partial charge on any atom is 0.412 e. The van der Waals surface area contributed by atoms with Gasteiger partial charge < -0.3 is 9.84 Å². The van der Waals surface area contributed by atoms with Crippen LogP contribution in [0.4, 0.5) is 10.6 Å².